The number of hydrogen-bond acceptors (Lipinski definition) is 4. The SMILES string of the molecule is COc1cccc(N(C)CC(=O)NCC(C)C)c1[C@H](C)O. The molecule has 0 heterocycles. The van der Waals surface area contributed by atoms with E-state index in [2.05, 4.69) is 19.2 Å². The van der Waals surface area contributed by atoms with Crippen LogP contribution in [0.3, 0.4) is 0 Å². The third kappa shape index (κ3) is 4.93. The number of hydrogen-bond donors (Lipinski definition) is 2. The molecule has 0 unspecified atom stereocenters. The van der Waals surface area contributed by atoms with Crippen molar-refractivity contribution in [2.24, 2.45) is 5.92 Å². The second kappa shape index (κ2) is 7.88. The molecule has 0 saturated heterocycles. The van der Waals surface area contributed by atoms with Gasteiger partial charge in [0.25, 0.3) is 0 Å². The number of likely N-dealkylation sites (N-methyl/N-ethyl adjacent to an activating group) is 1. The summed E-state index contributed by atoms with van der Waals surface area (Å²) in [6, 6.07) is 5.53. The summed E-state index contributed by atoms with van der Waals surface area (Å²) >= 11 is 0. The molecule has 0 aromatic heterocycles. The normalized spacial score (nSPS) is 12.1. The zero-order chi connectivity index (χ0) is 16.0. The van der Waals surface area contributed by atoms with E-state index in [1.807, 2.05) is 24.1 Å². The van der Waals surface area contributed by atoms with Crippen LogP contribution in [-0.2, 0) is 4.79 Å². The number of anilines is 1. The second-order valence-electron chi connectivity index (χ2n) is 5.62. The molecule has 1 amide bonds. The molecule has 0 aliphatic carbocycles. The number of ether oxygens (including phenoxy) is 1. The smallest absolute Gasteiger partial charge is 0.239 e. The van der Waals surface area contributed by atoms with Gasteiger partial charge in [0.05, 0.1) is 19.8 Å². The fourth-order valence-electron chi connectivity index (χ4n) is 2.14. The molecule has 0 bridgehead atoms. The molecule has 1 atom stereocenters. The molecule has 1 rings (SSSR count). The van der Waals surface area contributed by atoms with Crippen molar-refractivity contribution in [3.63, 3.8) is 0 Å². The first kappa shape index (κ1) is 17.3. The maximum atomic E-state index is 11.9. The maximum Gasteiger partial charge on any atom is 0.239 e. The van der Waals surface area contributed by atoms with Gasteiger partial charge in [-0.2, -0.15) is 0 Å². The van der Waals surface area contributed by atoms with Gasteiger partial charge in [-0.15, -0.1) is 0 Å². The van der Waals surface area contributed by atoms with Crippen molar-refractivity contribution >= 4 is 11.6 Å². The van der Waals surface area contributed by atoms with Crippen LogP contribution in [0.4, 0.5) is 5.69 Å². The standard InChI is InChI=1S/C16H26N2O3/c1-11(2)9-17-15(20)10-18(4)13-7-6-8-14(21-5)16(13)12(3)19/h6-8,11-12,19H,9-10H2,1-5H3,(H,17,20)/t12-/m0/s1. The number of nitrogens with zero attached hydrogens (tertiary/aromatic N) is 1. The van der Waals surface area contributed by atoms with E-state index in [4.69, 9.17) is 4.74 Å². The van der Waals surface area contributed by atoms with E-state index in [1.54, 1.807) is 20.1 Å². The minimum absolute atomic E-state index is 0.0365. The summed E-state index contributed by atoms with van der Waals surface area (Å²) < 4.78 is 5.29. The van der Waals surface area contributed by atoms with Crippen LogP contribution in [0.5, 0.6) is 5.75 Å². The third-order valence-corrected chi connectivity index (χ3v) is 3.18. The van der Waals surface area contributed by atoms with Crippen LogP contribution in [-0.4, -0.2) is 38.3 Å². The van der Waals surface area contributed by atoms with Gasteiger partial charge in [-0.1, -0.05) is 19.9 Å². The van der Waals surface area contributed by atoms with Crippen molar-refractivity contribution in [1.82, 2.24) is 5.32 Å². The minimum atomic E-state index is -0.669. The fourth-order valence-corrected chi connectivity index (χ4v) is 2.14. The van der Waals surface area contributed by atoms with Crippen LogP contribution < -0.4 is 15.0 Å². The molecule has 0 aliphatic heterocycles. The Morgan fingerprint density at radius 2 is 2.05 bits per heavy atom. The number of methoxy groups -OCH3 is 1. The van der Waals surface area contributed by atoms with Gasteiger partial charge in [0.15, 0.2) is 0 Å². The highest BCUT2D eigenvalue weighted by atomic mass is 16.5. The summed E-state index contributed by atoms with van der Waals surface area (Å²) in [6.45, 7) is 6.69. The van der Waals surface area contributed by atoms with Gasteiger partial charge in [0.1, 0.15) is 5.75 Å². The molecule has 118 valence electrons. The molecule has 0 fully saturated rings. The van der Waals surface area contributed by atoms with E-state index in [0.29, 0.717) is 23.8 Å². The van der Waals surface area contributed by atoms with Gasteiger partial charge in [-0.25, -0.2) is 0 Å². The Morgan fingerprint density at radius 3 is 2.57 bits per heavy atom. The van der Waals surface area contributed by atoms with Crippen LogP contribution in [0.25, 0.3) is 0 Å². The molecular weight excluding hydrogens is 268 g/mol. The first-order chi connectivity index (χ1) is 9.86. The summed E-state index contributed by atoms with van der Waals surface area (Å²) in [5.74, 6) is 1.01. The Bertz CT molecular complexity index is 473. The number of amides is 1. The summed E-state index contributed by atoms with van der Waals surface area (Å²) in [4.78, 5) is 13.7. The number of benzene rings is 1. The van der Waals surface area contributed by atoms with Crippen LogP contribution in [0.2, 0.25) is 0 Å². The Morgan fingerprint density at radius 1 is 1.38 bits per heavy atom. The lowest BCUT2D eigenvalue weighted by Gasteiger charge is -2.24. The molecule has 21 heavy (non-hydrogen) atoms. The summed E-state index contributed by atoms with van der Waals surface area (Å²) in [5, 5.41) is 12.9. The molecule has 0 saturated carbocycles. The highest BCUT2D eigenvalue weighted by Crippen LogP contribution is 2.33. The van der Waals surface area contributed by atoms with E-state index >= 15 is 0 Å². The lowest BCUT2D eigenvalue weighted by Crippen LogP contribution is -2.37. The highest BCUT2D eigenvalue weighted by Gasteiger charge is 2.18. The number of nitrogens with one attached hydrogen (secondary N) is 1. The van der Waals surface area contributed by atoms with E-state index < -0.39 is 6.10 Å². The van der Waals surface area contributed by atoms with E-state index in [-0.39, 0.29) is 12.5 Å². The Balaban J connectivity index is 2.87. The van der Waals surface area contributed by atoms with Crippen LogP contribution >= 0.6 is 0 Å². The molecule has 1 aromatic carbocycles. The van der Waals surface area contributed by atoms with E-state index in [1.165, 1.54) is 0 Å². The maximum absolute atomic E-state index is 11.9. The van der Waals surface area contributed by atoms with Gasteiger partial charge < -0.3 is 20.1 Å². The van der Waals surface area contributed by atoms with Gasteiger partial charge in [-0.05, 0) is 25.0 Å². The minimum Gasteiger partial charge on any atom is -0.496 e. The molecule has 5 nitrogen and oxygen atoms in total. The van der Waals surface area contributed by atoms with Crippen LogP contribution in [0.1, 0.15) is 32.4 Å². The van der Waals surface area contributed by atoms with Gasteiger partial charge in [-0.3, -0.25) is 4.79 Å². The first-order valence-corrected chi connectivity index (χ1v) is 7.19. The molecular formula is C16H26N2O3. The zero-order valence-electron chi connectivity index (χ0n) is 13.5. The highest BCUT2D eigenvalue weighted by molar-refractivity contribution is 5.81. The van der Waals surface area contributed by atoms with Crippen molar-refractivity contribution in [1.29, 1.82) is 0 Å². The van der Waals surface area contributed by atoms with Crippen molar-refractivity contribution in [3.8, 4) is 5.75 Å². The Hall–Kier alpha value is -1.75. The van der Waals surface area contributed by atoms with Gasteiger partial charge in [0.2, 0.25) is 5.91 Å². The van der Waals surface area contributed by atoms with Crippen LogP contribution in [0.15, 0.2) is 18.2 Å². The predicted molar refractivity (Wildman–Crippen MR) is 84.7 cm³/mol. The summed E-state index contributed by atoms with van der Waals surface area (Å²) in [5.41, 5.74) is 1.49. The Labute approximate surface area is 126 Å². The summed E-state index contributed by atoms with van der Waals surface area (Å²) in [6.07, 6.45) is -0.669. The molecule has 0 radical (unpaired) electrons. The number of rotatable bonds is 7. The lowest BCUT2D eigenvalue weighted by molar-refractivity contribution is -0.119. The monoisotopic (exact) mass is 294 g/mol. The molecule has 2 N–H and O–H groups in total. The average molecular weight is 294 g/mol. The van der Waals surface area contributed by atoms with E-state index in [9.17, 15) is 9.90 Å². The number of aliphatic hydroxyl groups excluding tert-OH is 1. The van der Waals surface area contributed by atoms with Gasteiger partial charge in [0, 0.05) is 24.8 Å². The molecule has 1 aromatic rings. The lowest BCUT2D eigenvalue weighted by atomic mass is 10.1. The quantitative estimate of drug-likeness (QED) is 0.807. The topological polar surface area (TPSA) is 61.8 Å². The molecule has 0 aliphatic rings. The van der Waals surface area contributed by atoms with Crippen molar-refractivity contribution in [2.45, 2.75) is 26.9 Å². The van der Waals surface area contributed by atoms with Gasteiger partial charge >= 0.3 is 0 Å². The predicted octanol–water partition coefficient (Wildman–Crippen LogP) is 1.96. The fraction of sp³-hybridized carbons (Fsp3) is 0.562. The number of aliphatic hydroxyl groups is 1. The van der Waals surface area contributed by atoms with Crippen molar-refractivity contribution in [2.75, 3.05) is 32.1 Å². The molecule has 5 heteroatoms. The number of carbonyl (C=O) groups excluding carboxylic acids is 1. The zero-order valence-corrected chi connectivity index (χ0v) is 13.5. The van der Waals surface area contributed by atoms with Crippen LogP contribution in [0, 0.1) is 5.92 Å². The average Bonchev–Trinajstić information content (AvgIpc) is 2.43. The van der Waals surface area contributed by atoms with E-state index in [0.717, 1.165) is 5.69 Å². The summed E-state index contributed by atoms with van der Waals surface area (Å²) in [7, 11) is 3.40. The Kier molecular flexibility index (Phi) is 6.49. The van der Waals surface area contributed by atoms with Crippen molar-refractivity contribution < 1.29 is 14.6 Å². The largest absolute Gasteiger partial charge is 0.496 e. The number of carbonyl (C=O) groups is 1. The molecule has 0 spiro atoms. The van der Waals surface area contributed by atoms with Crippen molar-refractivity contribution in [3.05, 3.63) is 23.8 Å². The second-order valence-corrected chi connectivity index (χ2v) is 5.62. The first-order valence-electron chi connectivity index (χ1n) is 7.19. The third-order valence-electron chi connectivity index (χ3n) is 3.18.